The standard InChI is InChI=1S/C14H15N7/c1-4-15-14(16-5-1)20-10-8-19(9-11-20)12-3-7-21-13(18-12)2-6-17-21/h1-7H,8-11H2. The van der Waals surface area contributed by atoms with Gasteiger partial charge in [-0.25, -0.2) is 19.5 Å². The molecule has 3 aromatic heterocycles. The third kappa shape index (κ3) is 2.26. The minimum atomic E-state index is 0.802. The van der Waals surface area contributed by atoms with Gasteiger partial charge in [0.15, 0.2) is 5.65 Å². The van der Waals surface area contributed by atoms with Crippen molar-refractivity contribution in [2.45, 2.75) is 0 Å². The highest BCUT2D eigenvalue weighted by molar-refractivity contribution is 5.48. The van der Waals surface area contributed by atoms with Crippen molar-refractivity contribution >= 4 is 17.4 Å². The van der Waals surface area contributed by atoms with Gasteiger partial charge in [-0.1, -0.05) is 0 Å². The lowest BCUT2D eigenvalue weighted by Gasteiger charge is -2.35. The number of hydrogen-bond donors (Lipinski definition) is 0. The van der Waals surface area contributed by atoms with Crippen molar-refractivity contribution in [3.8, 4) is 0 Å². The summed E-state index contributed by atoms with van der Waals surface area (Å²) in [7, 11) is 0. The fourth-order valence-corrected chi connectivity index (χ4v) is 2.57. The predicted molar refractivity (Wildman–Crippen MR) is 79.4 cm³/mol. The van der Waals surface area contributed by atoms with Crippen LogP contribution in [-0.4, -0.2) is 50.7 Å². The summed E-state index contributed by atoms with van der Waals surface area (Å²) in [5.74, 6) is 1.80. The van der Waals surface area contributed by atoms with E-state index in [0.717, 1.165) is 43.6 Å². The molecule has 1 saturated heterocycles. The van der Waals surface area contributed by atoms with Crippen molar-refractivity contribution < 1.29 is 0 Å². The minimum absolute atomic E-state index is 0.802. The third-order valence-electron chi connectivity index (χ3n) is 3.68. The van der Waals surface area contributed by atoms with Gasteiger partial charge < -0.3 is 9.80 Å². The molecular weight excluding hydrogens is 266 g/mol. The predicted octanol–water partition coefficient (Wildman–Crippen LogP) is 0.846. The van der Waals surface area contributed by atoms with Crippen LogP contribution in [0.4, 0.5) is 11.8 Å². The Kier molecular flexibility index (Phi) is 2.88. The van der Waals surface area contributed by atoms with E-state index in [9.17, 15) is 0 Å². The van der Waals surface area contributed by atoms with Gasteiger partial charge in [-0.3, -0.25) is 0 Å². The fourth-order valence-electron chi connectivity index (χ4n) is 2.57. The summed E-state index contributed by atoms with van der Waals surface area (Å²) >= 11 is 0. The van der Waals surface area contributed by atoms with E-state index in [4.69, 9.17) is 0 Å². The minimum Gasteiger partial charge on any atom is -0.353 e. The van der Waals surface area contributed by atoms with Gasteiger partial charge in [0.1, 0.15) is 5.82 Å². The number of rotatable bonds is 2. The molecule has 0 radical (unpaired) electrons. The van der Waals surface area contributed by atoms with Crippen molar-refractivity contribution in [3.05, 3.63) is 43.0 Å². The topological polar surface area (TPSA) is 62.5 Å². The Labute approximate surface area is 121 Å². The molecule has 0 aromatic carbocycles. The monoisotopic (exact) mass is 281 g/mol. The van der Waals surface area contributed by atoms with Gasteiger partial charge in [0.05, 0.1) is 6.20 Å². The second-order valence-electron chi connectivity index (χ2n) is 4.94. The van der Waals surface area contributed by atoms with Crippen molar-refractivity contribution in [1.82, 2.24) is 24.6 Å². The Morgan fingerprint density at radius 1 is 0.857 bits per heavy atom. The second-order valence-corrected chi connectivity index (χ2v) is 4.94. The van der Waals surface area contributed by atoms with E-state index in [1.54, 1.807) is 23.1 Å². The van der Waals surface area contributed by atoms with E-state index in [1.807, 2.05) is 24.4 Å². The Bertz CT molecular complexity index is 731. The summed E-state index contributed by atoms with van der Waals surface area (Å²) < 4.78 is 1.78. The molecule has 0 amide bonds. The molecule has 4 rings (SSSR count). The molecule has 0 bridgehead atoms. The SMILES string of the molecule is c1cnc(N2CCN(c3ccn4nccc4n3)CC2)nc1. The van der Waals surface area contributed by atoms with Gasteiger partial charge in [-0.05, 0) is 12.1 Å². The van der Waals surface area contributed by atoms with E-state index >= 15 is 0 Å². The van der Waals surface area contributed by atoms with Gasteiger partial charge in [-0.2, -0.15) is 5.10 Å². The van der Waals surface area contributed by atoms with Crippen LogP contribution < -0.4 is 9.80 Å². The third-order valence-corrected chi connectivity index (χ3v) is 3.68. The smallest absolute Gasteiger partial charge is 0.225 e. The van der Waals surface area contributed by atoms with Gasteiger partial charge in [0.2, 0.25) is 5.95 Å². The number of fused-ring (bicyclic) bond motifs is 1. The molecule has 1 fully saturated rings. The molecule has 7 heteroatoms. The molecule has 0 spiro atoms. The van der Waals surface area contributed by atoms with Crippen molar-refractivity contribution in [3.63, 3.8) is 0 Å². The molecule has 0 saturated carbocycles. The number of aromatic nitrogens is 5. The summed E-state index contributed by atoms with van der Waals surface area (Å²) in [6.07, 6.45) is 7.27. The summed E-state index contributed by atoms with van der Waals surface area (Å²) in [4.78, 5) is 17.7. The molecule has 106 valence electrons. The zero-order valence-corrected chi connectivity index (χ0v) is 11.5. The van der Waals surface area contributed by atoms with Gasteiger partial charge in [0.25, 0.3) is 0 Å². The quantitative estimate of drug-likeness (QED) is 0.694. The van der Waals surface area contributed by atoms with Crippen LogP contribution in [0.3, 0.4) is 0 Å². The van der Waals surface area contributed by atoms with E-state index in [2.05, 4.69) is 29.9 Å². The largest absolute Gasteiger partial charge is 0.353 e. The molecule has 3 aromatic rings. The zero-order valence-electron chi connectivity index (χ0n) is 11.5. The van der Waals surface area contributed by atoms with E-state index in [-0.39, 0.29) is 0 Å². The first-order chi connectivity index (χ1) is 10.4. The van der Waals surface area contributed by atoms with E-state index < -0.39 is 0 Å². The van der Waals surface area contributed by atoms with E-state index in [0.29, 0.717) is 0 Å². The molecule has 0 aliphatic carbocycles. The molecule has 0 unspecified atom stereocenters. The molecule has 4 heterocycles. The van der Waals surface area contributed by atoms with Crippen LogP contribution in [0.15, 0.2) is 43.0 Å². The lowest BCUT2D eigenvalue weighted by atomic mass is 10.3. The summed E-state index contributed by atoms with van der Waals surface area (Å²) in [6.45, 7) is 3.62. The molecule has 21 heavy (non-hydrogen) atoms. The van der Waals surface area contributed by atoms with Crippen LogP contribution >= 0.6 is 0 Å². The van der Waals surface area contributed by atoms with Crippen LogP contribution in [0.5, 0.6) is 0 Å². The average Bonchev–Trinajstić information content (AvgIpc) is 3.03. The second kappa shape index (κ2) is 5.01. The molecular formula is C14H15N7. The van der Waals surface area contributed by atoms with Crippen LogP contribution in [0.1, 0.15) is 0 Å². The van der Waals surface area contributed by atoms with E-state index in [1.165, 1.54) is 0 Å². The average molecular weight is 281 g/mol. The zero-order chi connectivity index (χ0) is 14.1. The van der Waals surface area contributed by atoms with Crippen molar-refractivity contribution in [1.29, 1.82) is 0 Å². The van der Waals surface area contributed by atoms with Crippen molar-refractivity contribution in [2.75, 3.05) is 36.0 Å². The molecule has 7 nitrogen and oxygen atoms in total. The highest BCUT2D eigenvalue weighted by atomic mass is 15.3. The lowest BCUT2D eigenvalue weighted by molar-refractivity contribution is 0.634. The van der Waals surface area contributed by atoms with Crippen LogP contribution in [0.25, 0.3) is 5.65 Å². The van der Waals surface area contributed by atoms with Crippen molar-refractivity contribution in [2.24, 2.45) is 0 Å². The molecule has 1 aliphatic rings. The van der Waals surface area contributed by atoms with Crippen LogP contribution in [-0.2, 0) is 0 Å². The Hall–Kier alpha value is -2.70. The maximum atomic E-state index is 4.63. The normalized spacial score (nSPS) is 15.6. The number of anilines is 2. The summed E-state index contributed by atoms with van der Waals surface area (Å²) in [5, 5.41) is 4.17. The highest BCUT2D eigenvalue weighted by Crippen LogP contribution is 2.16. The first kappa shape index (κ1) is 12.1. The summed E-state index contributed by atoms with van der Waals surface area (Å²) in [5.41, 5.74) is 0.876. The number of nitrogens with zero attached hydrogens (tertiary/aromatic N) is 7. The first-order valence-electron chi connectivity index (χ1n) is 6.97. The Balaban J connectivity index is 1.49. The Morgan fingerprint density at radius 3 is 2.43 bits per heavy atom. The molecule has 0 N–H and O–H groups in total. The summed E-state index contributed by atoms with van der Waals surface area (Å²) in [6, 6.07) is 5.76. The van der Waals surface area contributed by atoms with Crippen LogP contribution in [0.2, 0.25) is 0 Å². The maximum Gasteiger partial charge on any atom is 0.225 e. The Morgan fingerprint density at radius 2 is 1.62 bits per heavy atom. The van der Waals surface area contributed by atoms with Gasteiger partial charge in [-0.15, -0.1) is 0 Å². The van der Waals surface area contributed by atoms with Crippen LogP contribution in [0, 0.1) is 0 Å². The van der Waals surface area contributed by atoms with Gasteiger partial charge >= 0.3 is 0 Å². The molecule has 0 atom stereocenters. The maximum absolute atomic E-state index is 4.63. The molecule has 1 aliphatic heterocycles. The number of piperazine rings is 1. The highest BCUT2D eigenvalue weighted by Gasteiger charge is 2.19. The fraction of sp³-hybridized carbons (Fsp3) is 0.286. The number of hydrogen-bond acceptors (Lipinski definition) is 6. The lowest BCUT2D eigenvalue weighted by Crippen LogP contribution is -2.47. The first-order valence-corrected chi connectivity index (χ1v) is 6.97. The van der Waals surface area contributed by atoms with Gasteiger partial charge in [0, 0.05) is 50.8 Å².